The maximum atomic E-state index is 9.47. The van der Waals surface area contributed by atoms with Crippen LogP contribution in [0.5, 0.6) is 0 Å². The topological polar surface area (TPSA) is 61.3 Å². The van der Waals surface area contributed by atoms with E-state index in [2.05, 4.69) is 34.0 Å². The first-order valence-corrected chi connectivity index (χ1v) is 7.27. The number of aliphatic hydroxyl groups excluding tert-OH is 1. The molecule has 0 spiro atoms. The van der Waals surface area contributed by atoms with Gasteiger partial charge in [0.05, 0.1) is 12.6 Å². The third-order valence-corrected chi connectivity index (χ3v) is 3.68. The van der Waals surface area contributed by atoms with E-state index < -0.39 is 0 Å². The van der Waals surface area contributed by atoms with Crippen LogP contribution >= 0.6 is 0 Å². The molecule has 2 N–H and O–H groups in total. The van der Waals surface area contributed by atoms with E-state index in [9.17, 15) is 5.11 Å². The fourth-order valence-electron chi connectivity index (χ4n) is 2.68. The van der Waals surface area contributed by atoms with Crippen LogP contribution in [0.25, 0.3) is 0 Å². The molecule has 1 aromatic heterocycles. The minimum Gasteiger partial charge on any atom is -0.394 e. The first-order chi connectivity index (χ1) is 9.31. The van der Waals surface area contributed by atoms with Crippen LogP contribution in [0.2, 0.25) is 0 Å². The Morgan fingerprint density at radius 2 is 2.26 bits per heavy atom. The van der Waals surface area contributed by atoms with Gasteiger partial charge in [-0.05, 0) is 25.7 Å². The summed E-state index contributed by atoms with van der Waals surface area (Å²) in [6, 6.07) is 0.208. The van der Waals surface area contributed by atoms with Gasteiger partial charge in [-0.3, -0.25) is 0 Å². The van der Waals surface area contributed by atoms with Gasteiger partial charge >= 0.3 is 0 Å². The number of aromatic nitrogens is 2. The van der Waals surface area contributed by atoms with Crippen LogP contribution in [-0.2, 0) is 6.42 Å². The lowest BCUT2D eigenvalue weighted by Gasteiger charge is -2.26. The summed E-state index contributed by atoms with van der Waals surface area (Å²) in [5, 5.41) is 12.8. The van der Waals surface area contributed by atoms with E-state index in [0.29, 0.717) is 0 Å². The Bertz CT molecular complexity index is 410. The largest absolute Gasteiger partial charge is 0.394 e. The van der Waals surface area contributed by atoms with Crippen LogP contribution in [0.4, 0.5) is 11.6 Å². The molecule has 1 unspecified atom stereocenters. The van der Waals surface area contributed by atoms with Crippen LogP contribution < -0.4 is 10.2 Å². The van der Waals surface area contributed by atoms with Gasteiger partial charge < -0.3 is 15.3 Å². The fraction of sp³-hybridized carbons (Fsp3) is 0.714. The molecule has 1 atom stereocenters. The smallest absolute Gasteiger partial charge is 0.137 e. The maximum Gasteiger partial charge on any atom is 0.137 e. The fourth-order valence-corrected chi connectivity index (χ4v) is 2.68. The van der Waals surface area contributed by atoms with E-state index in [1.807, 2.05) is 0 Å². The number of nitrogens with zero attached hydrogens (tertiary/aromatic N) is 3. The Morgan fingerprint density at radius 1 is 1.42 bits per heavy atom. The van der Waals surface area contributed by atoms with Crippen molar-refractivity contribution in [1.82, 2.24) is 9.97 Å². The molecule has 5 heteroatoms. The molecule has 2 heterocycles. The van der Waals surface area contributed by atoms with Crippen molar-refractivity contribution in [3.8, 4) is 0 Å². The summed E-state index contributed by atoms with van der Waals surface area (Å²) < 4.78 is 0. The quantitative estimate of drug-likeness (QED) is 0.820. The average Bonchev–Trinajstić information content (AvgIpc) is 2.92. The predicted molar refractivity (Wildman–Crippen MR) is 77.6 cm³/mol. The molecule has 106 valence electrons. The molecule has 1 fully saturated rings. The van der Waals surface area contributed by atoms with Crippen molar-refractivity contribution in [3.63, 3.8) is 0 Å². The normalized spacial score (nSPS) is 18.9. The second-order valence-corrected chi connectivity index (χ2v) is 4.98. The minimum atomic E-state index is 0.199. The van der Waals surface area contributed by atoms with Crippen molar-refractivity contribution < 1.29 is 5.11 Å². The highest BCUT2D eigenvalue weighted by Crippen LogP contribution is 2.29. The molecule has 19 heavy (non-hydrogen) atoms. The van der Waals surface area contributed by atoms with Crippen molar-refractivity contribution in [3.05, 3.63) is 11.9 Å². The van der Waals surface area contributed by atoms with Crippen molar-refractivity contribution in [2.75, 3.05) is 29.9 Å². The van der Waals surface area contributed by atoms with Crippen LogP contribution in [-0.4, -0.2) is 40.8 Å². The van der Waals surface area contributed by atoms with E-state index >= 15 is 0 Å². The second kappa shape index (κ2) is 6.70. The molecule has 5 nitrogen and oxygen atoms in total. The Kier molecular flexibility index (Phi) is 4.96. The average molecular weight is 264 g/mol. The molecule has 0 amide bonds. The Hall–Kier alpha value is -1.36. The van der Waals surface area contributed by atoms with Gasteiger partial charge in [0.1, 0.15) is 18.0 Å². The lowest BCUT2D eigenvalue weighted by atomic mass is 10.2. The Labute approximate surface area is 115 Å². The van der Waals surface area contributed by atoms with E-state index in [-0.39, 0.29) is 12.6 Å². The van der Waals surface area contributed by atoms with E-state index in [4.69, 9.17) is 0 Å². The third-order valence-electron chi connectivity index (χ3n) is 3.68. The molecule has 0 bridgehead atoms. The molecule has 0 aromatic carbocycles. The molecule has 2 rings (SSSR count). The lowest BCUT2D eigenvalue weighted by Crippen LogP contribution is -2.33. The minimum absolute atomic E-state index is 0.199. The highest BCUT2D eigenvalue weighted by Gasteiger charge is 2.27. The SMILES string of the molecule is CCCNc1ncnc(N2CCCC2CO)c1CC. The molecular formula is C14H24N4O. The van der Waals surface area contributed by atoms with Gasteiger partial charge in [-0.1, -0.05) is 13.8 Å². The highest BCUT2D eigenvalue weighted by molar-refractivity contribution is 5.59. The van der Waals surface area contributed by atoms with Gasteiger partial charge in [-0.2, -0.15) is 0 Å². The summed E-state index contributed by atoms with van der Waals surface area (Å²) in [5.41, 5.74) is 1.16. The number of aliphatic hydroxyl groups is 1. The van der Waals surface area contributed by atoms with Gasteiger partial charge in [-0.25, -0.2) is 9.97 Å². The molecule has 0 aliphatic carbocycles. The summed E-state index contributed by atoms with van der Waals surface area (Å²) in [4.78, 5) is 11.1. The van der Waals surface area contributed by atoms with Crippen molar-refractivity contribution in [1.29, 1.82) is 0 Å². The Balaban J connectivity index is 2.28. The summed E-state index contributed by atoms with van der Waals surface area (Å²) in [6.07, 6.45) is 5.76. The van der Waals surface area contributed by atoms with Gasteiger partial charge in [0, 0.05) is 18.7 Å². The van der Waals surface area contributed by atoms with Crippen molar-refractivity contribution in [2.45, 2.75) is 45.6 Å². The number of nitrogens with one attached hydrogen (secondary N) is 1. The predicted octanol–water partition coefficient (Wildman–Crippen LogP) is 1.82. The Morgan fingerprint density at radius 3 is 2.95 bits per heavy atom. The summed E-state index contributed by atoms with van der Waals surface area (Å²) >= 11 is 0. The molecular weight excluding hydrogens is 240 g/mol. The number of anilines is 2. The van der Waals surface area contributed by atoms with Crippen molar-refractivity contribution in [2.24, 2.45) is 0 Å². The van der Waals surface area contributed by atoms with Crippen LogP contribution in [0.3, 0.4) is 0 Å². The van der Waals surface area contributed by atoms with Crippen LogP contribution in [0.1, 0.15) is 38.7 Å². The number of hydrogen-bond acceptors (Lipinski definition) is 5. The van der Waals surface area contributed by atoms with Crippen LogP contribution in [0, 0.1) is 0 Å². The first-order valence-electron chi connectivity index (χ1n) is 7.27. The van der Waals surface area contributed by atoms with Crippen LogP contribution in [0.15, 0.2) is 6.33 Å². The van der Waals surface area contributed by atoms with Crippen molar-refractivity contribution >= 4 is 11.6 Å². The van der Waals surface area contributed by atoms with E-state index in [1.165, 1.54) is 0 Å². The monoisotopic (exact) mass is 264 g/mol. The zero-order valence-electron chi connectivity index (χ0n) is 11.9. The zero-order chi connectivity index (χ0) is 13.7. The molecule has 1 aromatic rings. The molecule has 0 saturated carbocycles. The summed E-state index contributed by atoms with van der Waals surface area (Å²) in [7, 11) is 0. The van der Waals surface area contributed by atoms with E-state index in [0.717, 1.165) is 56.0 Å². The maximum absolute atomic E-state index is 9.47. The van der Waals surface area contributed by atoms with E-state index in [1.54, 1.807) is 6.33 Å². The van der Waals surface area contributed by atoms with Gasteiger partial charge in [0.2, 0.25) is 0 Å². The highest BCUT2D eigenvalue weighted by atomic mass is 16.3. The molecule has 1 saturated heterocycles. The summed E-state index contributed by atoms with van der Waals surface area (Å²) in [6.45, 7) is 6.37. The molecule has 0 radical (unpaired) electrons. The third kappa shape index (κ3) is 2.97. The zero-order valence-corrected chi connectivity index (χ0v) is 11.9. The van der Waals surface area contributed by atoms with Gasteiger partial charge in [-0.15, -0.1) is 0 Å². The van der Waals surface area contributed by atoms with Gasteiger partial charge in [0.15, 0.2) is 0 Å². The first kappa shape index (κ1) is 14.1. The summed E-state index contributed by atoms with van der Waals surface area (Å²) in [5.74, 6) is 1.94. The second-order valence-electron chi connectivity index (χ2n) is 4.98. The molecule has 1 aliphatic heterocycles. The van der Waals surface area contributed by atoms with Gasteiger partial charge in [0.25, 0.3) is 0 Å². The lowest BCUT2D eigenvalue weighted by molar-refractivity contribution is 0.266. The number of hydrogen-bond donors (Lipinski definition) is 2. The standard InChI is InChI=1S/C14H24N4O/c1-3-7-15-13-12(4-2)14(17-10-16-13)18-8-5-6-11(18)9-19/h10-11,19H,3-9H2,1-2H3,(H,15,16,17). The molecule has 1 aliphatic rings. The number of rotatable bonds is 6.